The minimum absolute atomic E-state index is 0.0120. The SMILES string of the molecule is COC(=O)c1cc(C(C)(C)C)n(C2CCCC2)n1. The molecular formula is C14H22N2O2. The molecule has 1 saturated carbocycles. The molecule has 0 atom stereocenters. The second-order valence-corrected chi connectivity index (χ2v) is 6.04. The zero-order chi connectivity index (χ0) is 13.3. The Bertz CT molecular complexity index is 437. The van der Waals surface area contributed by atoms with E-state index < -0.39 is 0 Å². The number of ether oxygens (including phenoxy) is 1. The lowest BCUT2D eigenvalue weighted by molar-refractivity contribution is 0.0592. The molecule has 1 aliphatic carbocycles. The fourth-order valence-electron chi connectivity index (χ4n) is 2.59. The predicted molar refractivity (Wildman–Crippen MR) is 69.8 cm³/mol. The van der Waals surface area contributed by atoms with Crippen LogP contribution in [0.3, 0.4) is 0 Å². The van der Waals surface area contributed by atoms with E-state index >= 15 is 0 Å². The smallest absolute Gasteiger partial charge is 0.358 e. The Labute approximate surface area is 108 Å². The van der Waals surface area contributed by atoms with Crippen LogP contribution in [0.15, 0.2) is 6.07 Å². The van der Waals surface area contributed by atoms with Gasteiger partial charge in [0.1, 0.15) is 0 Å². The van der Waals surface area contributed by atoms with Crippen LogP contribution in [0.4, 0.5) is 0 Å². The van der Waals surface area contributed by atoms with Gasteiger partial charge in [-0.3, -0.25) is 4.68 Å². The van der Waals surface area contributed by atoms with Crippen molar-refractivity contribution < 1.29 is 9.53 Å². The number of rotatable bonds is 2. The van der Waals surface area contributed by atoms with E-state index in [9.17, 15) is 4.79 Å². The summed E-state index contributed by atoms with van der Waals surface area (Å²) in [5.74, 6) is -0.350. The maximum atomic E-state index is 11.6. The van der Waals surface area contributed by atoms with Gasteiger partial charge in [0.25, 0.3) is 0 Å². The molecule has 18 heavy (non-hydrogen) atoms. The number of methoxy groups -OCH3 is 1. The monoisotopic (exact) mass is 250 g/mol. The average Bonchev–Trinajstić information content (AvgIpc) is 2.94. The molecule has 1 aromatic heterocycles. The molecule has 0 N–H and O–H groups in total. The molecule has 1 aromatic rings. The second-order valence-electron chi connectivity index (χ2n) is 6.04. The van der Waals surface area contributed by atoms with Crippen LogP contribution in [0.5, 0.6) is 0 Å². The van der Waals surface area contributed by atoms with Gasteiger partial charge in [-0.15, -0.1) is 0 Å². The highest BCUT2D eigenvalue weighted by Crippen LogP contribution is 2.34. The summed E-state index contributed by atoms with van der Waals surface area (Å²) in [6, 6.07) is 2.32. The van der Waals surface area contributed by atoms with Gasteiger partial charge in [-0.25, -0.2) is 4.79 Å². The Morgan fingerprint density at radius 1 is 1.39 bits per heavy atom. The van der Waals surface area contributed by atoms with Crippen molar-refractivity contribution in [2.24, 2.45) is 0 Å². The summed E-state index contributed by atoms with van der Waals surface area (Å²) in [5.41, 5.74) is 1.53. The molecule has 0 bridgehead atoms. The van der Waals surface area contributed by atoms with Crippen LogP contribution in [0.25, 0.3) is 0 Å². The zero-order valence-corrected chi connectivity index (χ0v) is 11.7. The summed E-state index contributed by atoms with van der Waals surface area (Å²) in [6.45, 7) is 6.45. The summed E-state index contributed by atoms with van der Waals surface area (Å²) in [6.07, 6.45) is 4.82. The highest BCUT2D eigenvalue weighted by Gasteiger charge is 2.28. The molecule has 0 amide bonds. The Hall–Kier alpha value is -1.32. The van der Waals surface area contributed by atoms with E-state index in [4.69, 9.17) is 4.74 Å². The highest BCUT2D eigenvalue weighted by molar-refractivity contribution is 5.87. The third kappa shape index (κ3) is 2.42. The van der Waals surface area contributed by atoms with Gasteiger partial charge in [0.05, 0.1) is 13.2 Å². The molecule has 4 heteroatoms. The van der Waals surface area contributed by atoms with Gasteiger partial charge in [-0.05, 0) is 18.9 Å². The molecule has 1 aliphatic rings. The lowest BCUT2D eigenvalue weighted by Gasteiger charge is -2.23. The second kappa shape index (κ2) is 4.75. The van der Waals surface area contributed by atoms with E-state index in [0.29, 0.717) is 11.7 Å². The molecular weight excluding hydrogens is 228 g/mol. The van der Waals surface area contributed by atoms with E-state index in [-0.39, 0.29) is 11.4 Å². The van der Waals surface area contributed by atoms with Crippen molar-refractivity contribution in [1.82, 2.24) is 9.78 Å². The van der Waals surface area contributed by atoms with Crippen molar-refractivity contribution in [3.05, 3.63) is 17.5 Å². The summed E-state index contributed by atoms with van der Waals surface area (Å²) in [7, 11) is 1.40. The van der Waals surface area contributed by atoms with Gasteiger partial charge in [0.15, 0.2) is 5.69 Å². The minimum atomic E-state index is -0.350. The van der Waals surface area contributed by atoms with Crippen molar-refractivity contribution in [2.75, 3.05) is 7.11 Å². The molecule has 100 valence electrons. The molecule has 1 heterocycles. The maximum Gasteiger partial charge on any atom is 0.358 e. The molecule has 0 aromatic carbocycles. The average molecular weight is 250 g/mol. The molecule has 0 saturated heterocycles. The van der Waals surface area contributed by atoms with Crippen LogP contribution >= 0.6 is 0 Å². The van der Waals surface area contributed by atoms with Crippen LogP contribution in [0.2, 0.25) is 0 Å². The van der Waals surface area contributed by atoms with E-state index in [0.717, 1.165) is 18.5 Å². The number of nitrogens with zero attached hydrogens (tertiary/aromatic N) is 2. The Morgan fingerprint density at radius 2 is 2.00 bits per heavy atom. The van der Waals surface area contributed by atoms with Crippen LogP contribution in [-0.4, -0.2) is 22.9 Å². The summed E-state index contributed by atoms with van der Waals surface area (Å²) in [5, 5.41) is 4.47. The van der Waals surface area contributed by atoms with Gasteiger partial charge >= 0.3 is 5.97 Å². The van der Waals surface area contributed by atoms with Crippen LogP contribution < -0.4 is 0 Å². The minimum Gasteiger partial charge on any atom is -0.464 e. The van der Waals surface area contributed by atoms with E-state index in [1.165, 1.54) is 20.0 Å². The van der Waals surface area contributed by atoms with Gasteiger partial charge in [0.2, 0.25) is 0 Å². The molecule has 0 unspecified atom stereocenters. The largest absolute Gasteiger partial charge is 0.464 e. The lowest BCUT2D eigenvalue weighted by atomic mass is 9.91. The predicted octanol–water partition coefficient (Wildman–Crippen LogP) is 3.08. The molecule has 0 spiro atoms. The quantitative estimate of drug-likeness (QED) is 0.758. The standard InChI is InChI=1S/C14H22N2O2/c1-14(2,3)12-9-11(13(17)18-4)15-16(12)10-7-5-6-8-10/h9-10H,5-8H2,1-4H3. The van der Waals surface area contributed by atoms with Crippen molar-refractivity contribution in [2.45, 2.75) is 57.9 Å². The maximum absolute atomic E-state index is 11.6. The fraction of sp³-hybridized carbons (Fsp3) is 0.714. The number of hydrogen-bond acceptors (Lipinski definition) is 3. The van der Waals surface area contributed by atoms with Gasteiger partial charge in [0, 0.05) is 11.1 Å². The van der Waals surface area contributed by atoms with Gasteiger partial charge in [-0.1, -0.05) is 33.6 Å². The fourth-order valence-corrected chi connectivity index (χ4v) is 2.59. The van der Waals surface area contributed by atoms with Crippen molar-refractivity contribution in [3.63, 3.8) is 0 Å². The molecule has 1 fully saturated rings. The van der Waals surface area contributed by atoms with E-state index in [2.05, 4.69) is 30.6 Å². The topological polar surface area (TPSA) is 44.1 Å². The van der Waals surface area contributed by atoms with Crippen molar-refractivity contribution >= 4 is 5.97 Å². The molecule has 0 radical (unpaired) electrons. The molecule has 0 aliphatic heterocycles. The normalized spacial score (nSPS) is 17.1. The first kappa shape index (κ1) is 13.1. The Balaban J connectivity index is 2.41. The van der Waals surface area contributed by atoms with Gasteiger partial charge in [-0.2, -0.15) is 5.10 Å². The molecule has 2 rings (SSSR count). The van der Waals surface area contributed by atoms with Crippen molar-refractivity contribution in [3.8, 4) is 0 Å². The first-order valence-corrected chi connectivity index (χ1v) is 6.62. The Kier molecular flexibility index (Phi) is 3.46. The van der Waals surface area contributed by atoms with Gasteiger partial charge < -0.3 is 4.74 Å². The van der Waals surface area contributed by atoms with E-state index in [1.807, 2.05) is 6.07 Å². The Morgan fingerprint density at radius 3 is 2.50 bits per heavy atom. The zero-order valence-electron chi connectivity index (χ0n) is 11.7. The summed E-state index contributed by atoms with van der Waals surface area (Å²) in [4.78, 5) is 11.6. The lowest BCUT2D eigenvalue weighted by Crippen LogP contribution is -2.20. The van der Waals surface area contributed by atoms with Crippen LogP contribution in [0, 0.1) is 0 Å². The van der Waals surface area contributed by atoms with Crippen molar-refractivity contribution in [1.29, 1.82) is 0 Å². The number of hydrogen-bond donors (Lipinski definition) is 0. The van der Waals surface area contributed by atoms with Crippen LogP contribution in [0.1, 0.15) is 68.7 Å². The number of esters is 1. The molecule has 4 nitrogen and oxygen atoms in total. The number of aromatic nitrogens is 2. The third-order valence-electron chi connectivity index (χ3n) is 3.57. The van der Waals surface area contributed by atoms with Crippen LogP contribution in [-0.2, 0) is 10.2 Å². The number of carbonyl (C=O) groups is 1. The third-order valence-corrected chi connectivity index (χ3v) is 3.57. The van der Waals surface area contributed by atoms with E-state index in [1.54, 1.807) is 0 Å². The summed E-state index contributed by atoms with van der Waals surface area (Å²) >= 11 is 0. The highest BCUT2D eigenvalue weighted by atomic mass is 16.5. The first-order chi connectivity index (χ1) is 8.43. The summed E-state index contributed by atoms with van der Waals surface area (Å²) < 4.78 is 6.82. The number of carbonyl (C=O) groups excluding carboxylic acids is 1. The first-order valence-electron chi connectivity index (χ1n) is 6.62.